The lowest BCUT2D eigenvalue weighted by atomic mass is 10.0. The molecule has 0 radical (unpaired) electrons. The van der Waals surface area contributed by atoms with Gasteiger partial charge in [0.1, 0.15) is 36.9 Å². The summed E-state index contributed by atoms with van der Waals surface area (Å²) in [6.07, 6.45) is 0.470. The molecule has 34 heavy (non-hydrogen) atoms. The van der Waals surface area contributed by atoms with Crippen molar-refractivity contribution in [2.24, 2.45) is 5.16 Å². The minimum absolute atomic E-state index is 0.157. The zero-order valence-corrected chi connectivity index (χ0v) is 20.3. The number of hydrogen-bond acceptors (Lipinski definition) is 5. The molecule has 1 unspecified atom stereocenters. The predicted octanol–water partition coefficient (Wildman–Crippen LogP) is 4.16. The van der Waals surface area contributed by atoms with E-state index in [1.165, 1.54) is 22.3 Å². The van der Waals surface area contributed by atoms with E-state index in [0.29, 0.717) is 24.5 Å². The lowest BCUT2D eigenvalue weighted by molar-refractivity contribution is -0.686. The fraction of sp³-hybridized carbons (Fsp3) is 0.321. The quantitative estimate of drug-likeness (QED) is 0.493. The van der Waals surface area contributed by atoms with Crippen molar-refractivity contribution in [1.29, 1.82) is 0 Å². The van der Waals surface area contributed by atoms with Crippen molar-refractivity contribution in [2.75, 3.05) is 20.8 Å². The third-order valence-corrected chi connectivity index (χ3v) is 5.85. The maximum atomic E-state index is 5.97. The van der Waals surface area contributed by atoms with Crippen molar-refractivity contribution < 1.29 is 24.4 Å². The molecule has 2 N–H and O–H groups in total. The summed E-state index contributed by atoms with van der Waals surface area (Å²) >= 11 is 0. The monoisotopic (exact) mass is 461 g/mol. The van der Waals surface area contributed by atoms with Gasteiger partial charge in [-0.2, -0.15) is 0 Å². The first-order chi connectivity index (χ1) is 16.6. The fourth-order valence-corrected chi connectivity index (χ4v) is 4.30. The highest BCUT2D eigenvalue weighted by Gasteiger charge is 2.27. The summed E-state index contributed by atoms with van der Waals surface area (Å²) in [5.74, 6) is 2.26. The van der Waals surface area contributed by atoms with Crippen LogP contribution < -0.4 is 19.5 Å². The highest BCUT2D eigenvalue weighted by Crippen LogP contribution is 2.32. The molecule has 6 heteroatoms. The van der Waals surface area contributed by atoms with Crippen molar-refractivity contribution in [1.82, 2.24) is 0 Å². The van der Waals surface area contributed by atoms with E-state index >= 15 is 0 Å². The molecule has 0 bridgehead atoms. The number of nitrogens with zero attached hydrogens (tertiary/aromatic N) is 1. The Kier molecular flexibility index (Phi) is 7.70. The highest BCUT2D eigenvalue weighted by molar-refractivity contribution is 6.05. The van der Waals surface area contributed by atoms with Gasteiger partial charge in [0, 0.05) is 17.5 Å². The molecule has 6 nitrogen and oxygen atoms in total. The number of nitrogens with two attached hydrogens (primary N) is 1. The molecule has 1 heterocycles. The van der Waals surface area contributed by atoms with Gasteiger partial charge < -0.3 is 24.4 Å². The number of aryl methyl sites for hydroxylation is 2. The van der Waals surface area contributed by atoms with Gasteiger partial charge in [0.2, 0.25) is 0 Å². The number of benzene rings is 3. The Balaban J connectivity index is 1.25. The molecular formula is C28H33N2O4+. The highest BCUT2D eigenvalue weighted by atomic mass is 16.7. The van der Waals surface area contributed by atoms with E-state index in [2.05, 4.69) is 54.7 Å². The van der Waals surface area contributed by atoms with Crippen LogP contribution in [0.3, 0.4) is 0 Å². The van der Waals surface area contributed by atoms with Crippen LogP contribution in [0.25, 0.3) is 0 Å². The van der Waals surface area contributed by atoms with Gasteiger partial charge in [-0.1, -0.05) is 40.5 Å². The number of rotatable bonds is 10. The molecule has 3 aromatic rings. The molecule has 0 saturated heterocycles. The third-order valence-electron chi connectivity index (χ3n) is 5.85. The van der Waals surface area contributed by atoms with Crippen LogP contribution in [-0.2, 0) is 17.9 Å². The normalized spacial score (nSPS) is 14.9. The van der Waals surface area contributed by atoms with Gasteiger partial charge in [0.15, 0.2) is 6.10 Å². The van der Waals surface area contributed by atoms with E-state index in [1.807, 2.05) is 30.3 Å². The van der Waals surface area contributed by atoms with Crippen LogP contribution in [0.15, 0.2) is 65.8 Å². The number of quaternary nitrogens is 1. The van der Waals surface area contributed by atoms with Crippen molar-refractivity contribution in [3.63, 3.8) is 0 Å². The lowest BCUT2D eigenvalue weighted by Crippen LogP contribution is -2.80. The van der Waals surface area contributed by atoms with E-state index in [9.17, 15) is 0 Å². The Morgan fingerprint density at radius 3 is 2.18 bits per heavy atom. The van der Waals surface area contributed by atoms with Crippen molar-refractivity contribution >= 4 is 5.71 Å². The summed E-state index contributed by atoms with van der Waals surface area (Å²) in [5.41, 5.74) is 6.89. The average molecular weight is 462 g/mol. The van der Waals surface area contributed by atoms with Gasteiger partial charge in [-0.05, 0) is 50.2 Å². The van der Waals surface area contributed by atoms with Crippen LogP contribution in [0, 0.1) is 13.8 Å². The maximum absolute atomic E-state index is 5.97. The second kappa shape index (κ2) is 11.1. The van der Waals surface area contributed by atoms with Gasteiger partial charge in [-0.15, -0.1) is 0 Å². The van der Waals surface area contributed by atoms with Crippen LogP contribution >= 0.6 is 0 Å². The van der Waals surface area contributed by atoms with Gasteiger partial charge in [-0.25, -0.2) is 0 Å². The molecule has 0 amide bonds. The first-order valence-corrected chi connectivity index (χ1v) is 11.6. The van der Waals surface area contributed by atoms with E-state index < -0.39 is 0 Å². The van der Waals surface area contributed by atoms with E-state index in [1.54, 1.807) is 14.2 Å². The number of ether oxygens (including phenoxy) is 3. The largest absolute Gasteiger partial charge is 0.496 e. The Morgan fingerprint density at radius 1 is 0.882 bits per heavy atom. The summed E-state index contributed by atoms with van der Waals surface area (Å²) < 4.78 is 16.9. The van der Waals surface area contributed by atoms with Crippen LogP contribution in [0.1, 0.15) is 34.2 Å². The first kappa shape index (κ1) is 23.6. The molecule has 0 aliphatic carbocycles. The zero-order valence-electron chi connectivity index (χ0n) is 20.3. The van der Waals surface area contributed by atoms with E-state index in [-0.39, 0.29) is 6.10 Å². The molecule has 178 valence electrons. The van der Waals surface area contributed by atoms with E-state index in [4.69, 9.17) is 19.0 Å². The van der Waals surface area contributed by atoms with Gasteiger partial charge in [0.25, 0.3) is 0 Å². The van der Waals surface area contributed by atoms with Crippen molar-refractivity contribution in [3.8, 4) is 17.2 Å². The summed E-state index contributed by atoms with van der Waals surface area (Å²) in [4.78, 5) is 5.62. The SMILES string of the molecule is COc1cccc(OC)c1C1=NOC(COc2ccc(C[NH2+]Cc3cc(C)cc(C)c3)cc2)C1. The number of methoxy groups -OCH3 is 2. The summed E-state index contributed by atoms with van der Waals surface area (Å²) in [7, 11) is 3.28. The summed E-state index contributed by atoms with van der Waals surface area (Å²) in [6.45, 7) is 6.61. The van der Waals surface area contributed by atoms with E-state index in [0.717, 1.165) is 30.1 Å². The second-order valence-corrected chi connectivity index (χ2v) is 8.65. The Morgan fingerprint density at radius 2 is 1.53 bits per heavy atom. The molecule has 0 spiro atoms. The number of oxime groups is 1. The van der Waals surface area contributed by atoms with Crippen LogP contribution in [0.4, 0.5) is 0 Å². The predicted molar refractivity (Wildman–Crippen MR) is 133 cm³/mol. The Bertz CT molecular complexity index is 1100. The van der Waals surface area contributed by atoms with Gasteiger partial charge in [0.05, 0.1) is 25.5 Å². The van der Waals surface area contributed by atoms with Crippen LogP contribution in [-0.4, -0.2) is 32.6 Å². The molecule has 0 fully saturated rings. The van der Waals surface area contributed by atoms with Gasteiger partial charge in [-0.3, -0.25) is 0 Å². The molecule has 0 saturated carbocycles. The fourth-order valence-electron chi connectivity index (χ4n) is 4.30. The molecule has 1 aliphatic heterocycles. The number of hydrogen-bond donors (Lipinski definition) is 1. The van der Waals surface area contributed by atoms with Gasteiger partial charge >= 0.3 is 0 Å². The first-order valence-electron chi connectivity index (χ1n) is 11.6. The Hall–Kier alpha value is -3.51. The lowest BCUT2D eigenvalue weighted by Gasteiger charge is -2.13. The summed E-state index contributed by atoms with van der Waals surface area (Å²) in [5, 5.41) is 6.59. The second-order valence-electron chi connectivity index (χ2n) is 8.65. The van der Waals surface area contributed by atoms with Crippen molar-refractivity contribution in [3.05, 3.63) is 88.5 Å². The minimum atomic E-state index is -0.157. The molecule has 1 aliphatic rings. The molecule has 4 rings (SSSR count). The zero-order chi connectivity index (χ0) is 23.9. The molecule has 3 aromatic carbocycles. The van der Waals surface area contributed by atoms with Crippen molar-refractivity contribution in [2.45, 2.75) is 39.5 Å². The third kappa shape index (κ3) is 5.88. The summed E-state index contributed by atoms with van der Waals surface area (Å²) in [6, 6.07) is 20.7. The van der Waals surface area contributed by atoms with Crippen LogP contribution in [0.2, 0.25) is 0 Å². The van der Waals surface area contributed by atoms with Crippen LogP contribution in [0.5, 0.6) is 17.2 Å². The smallest absolute Gasteiger partial charge is 0.167 e. The topological polar surface area (TPSA) is 65.9 Å². The maximum Gasteiger partial charge on any atom is 0.167 e. The Labute approximate surface area is 201 Å². The molecule has 0 aromatic heterocycles. The minimum Gasteiger partial charge on any atom is -0.496 e. The average Bonchev–Trinajstić information content (AvgIpc) is 3.31. The molecular weight excluding hydrogens is 428 g/mol. The molecule has 1 atom stereocenters. The standard InChI is InChI=1S/C28H32N2O4/c1-19-12-20(2)14-22(13-19)17-29-16-21-8-10-23(11-9-21)33-18-24-15-25(30-34-24)28-26(31-3)6-5-7-27(28)32-4/h5-14,24,29H,15-18H2,1-4H3/p+1.